The molecule has 0 fully saturated rings. The molecule has 0 heterocycles. The van der Waals surface area contributed by atoms with Gasteiger partial charge >= 0.3 is 0 Å². The van der Waals surface area contributed by atoms with Crippen molar-refractivity contribution in [1.29, 1.82) is 0 Å². The summed E-state index contributed by atoms with van der Waals surface area (Å²) in [5.41, 5.74) is 0.147. The van der Waals surface area contributed by atoms with Crippen LogP contribution in [0.5, 0.6) is 0 Å². The van der Waals surface area contributed by atoms with E-state index in [4.69, 9.17) is 0 Å². The van der Waals surface area contributed by atoms with Crippen molar-refractivity contribution in [2.75, 3.05) is 26.0 Å². The quantitative estimate of drug-likeness (QED) is 0.607. The molecule has 1 rings (SSSR count). The largest absolute Gasteiger partial charge is 0.371 e. The van der Waals surface area contributed by atoms with E-state index in [1.165, 1.54) is 23.1 Å². The fourth-order valence-corrected chi connectivity index (χ4v) is 1.65. The van der Waals surface area contributed by atoms with Crippen LogP contribution in [0, 0.1) is 10.1 Å². The van der Waals surface area contributed by atoms with Gasteiger partial charge in [-0.1, -0.05) is 0 Å². The van der Waals surface area contributed by atoms with E-state index < -0.39 is 4.92 Å². The van der Waals surface area contributed by atoms with Crippen LogP contribution in [0.1, 0.15) is 24.2 Å². The van der Waals surface area contributed by atoms with Crippen LogP contribution in [0.15, 0.2) is 18.2 Å². The van der Waals surface area contributed by atoms with Crippen molar-refractivity contribution in [2.45, 2.75) is 19.9 Å². The molecule has 0 aliphatic rings. The van der Waals surface area contributed by atoms with E-state index in [9.17, 15) is 19.7 Å². The maximum absolute atomic E-state index is 11.9. The zero-order valence-corrected chi connectivity index (χ0v) is 13.0. The van der Waals surface area contributed by atoms with E-state index >= 15 is 0 Å². The van der Waals surface area contributed by atoms with E-state index in [0.29, 0.717) is 0 Å². The number of nitro groups is 1. The Labute approximate surface area is 128 Å². The molecular formula is C14H20N4O4. The second-order valence-electron chi connectivity index (χ2n) is 5.26. The normalized spacial score (nSPS) is 10.2. The Morgan fingerprint density at radius 2 is 1.95 bits per heavy atom. The van der Waals surface area contributed by atoms with E-state index in [1.807, 2.05) is 0 Å². The van der Waals surface area contributed by atoms with Crippen molar-refractivity contribution in [3.63, 3.8) is 0 Å². The standard InChI is InChI=1S/C14H20N4O4/c1-9(2)16-14(20)10-5-6-11(12(7-10)18(21)22)15-8-13(19)17(3)4/h5-7,9,15H,8H2,1-4H3,(H,16,20). The first-order valence-corrected chi connectivity index (χ1v) is 6.75. The molecule has 0 bridgehead atoms. The number of nitrogens with zero attached hydrogens (tertiary/aromatic N) is 2. The van der Waals surface area contributed by atoms with Gasteiger partial charge in [0.2, 0.25) is 5.91 Å². The molecule has 0 atom stereocenters. The number of hydrogen-bond donors (Lipinski definition) is 2. The number of anilines is 1. The number of nitrogens with one attached hydrogen (secondary N) is 2. The van der Waals surface area contributed by atoms with Gasteiger partial charge in [0.15, 0.2) is 0 Å². The topological polar surface area (TPSA) is 105 Å². The van der Waals surface area contributed by atoms with Crippen LogP contribution in [-0.2, 0) is 4.79 Å². The zero-order chi connectivity index (χ0) is 16.9. The lowest BCUT2D eigenvalue weighted by Crippen LogP contribution is -2.30. The van der Waals surface area contributed by atoms with Gasteiger partial charge in [-0.15, -0.1) is 0 Å². The molecule has 2 N–H and O–H groups in total. The molecule has 8 heteroatoms. The van der Waals surface area contributed by atoms with Gasteiger partial charge in [-0.2, -0.15) is 0 Å². The monoisotopic (exact) mass is 308 g/mol. The molecular weight excluding hydrogens is 288 g/mol. The molecule has 0 saturated carbocycles. The summed E-state index contributed by atoms with van der Waals surface area (Å²) in [6.45, 7) is 3.54. The van der Waals surface area contributed by atoms with Crippen LogP contribution < -0.4 is 10.6 Å². The zero-order valence-electron chi connectivity index (χ0n) is 13.0. The fraction of sp³-hybridized carbons (Fsp3) is 0.429. The molecule has 0 spiro atoms. The van der Waals surface area contributed by atoms with Gasteiger partial charge in [0.1, 0.15) is 5.69 Å². The highest BCUT2D eigenvalue weighted by Crippen LogP contribution is 2.25. The van der Waals surface area contributed by atoms with Crippen molar-refractivity contribution >= 4 is 23.2 Å². The lowest BCUT2D eigenvalue weighted by Gasteiger charge is -2.13. The van der Waals surface area contributed by atoms with Crippen molar-refractivity contribution in [3.05, 3.63) is 33.9 Å². The van der Waals surface area contributed by atoms with Gasteiger partial charge in [0.25, 0.3) is 11.6 Å². The smallest absolute Gasteiger partial charge is 0.293 e. The Balaban J connectivity index is 2.98. The Kier molecular flexibility index (Phi) is 5.85. The predicted octanol–water partition coefficient (Wildman–Crippen LogP) is 1.23. The molecule has 1 aromatic carbocycles. The van der Waals surface area contributed by atoms with Crippen molar-refractivity contribution in [1.82, 2.24) is 10.2 Å². The fourth-order valence-electron chi connectivity index (χ4n) is 1.65. The lowest BCUT2D eigenvalue weighted by molar-refractivity contribution is -0.384. The molecule has 1 aromatic rings. The van der Waals surface area contributed by atoms with Crippen LogP contribution in [0.25, 0.3) is 0 Å². The summed E-state index contributed by atoms with van der Waals surface area (Å²) in [6, 6.07) is 4.03. The molecule has 8 nitrogen and oxygen atoms in total. The Morgan fingerprint density at radius 1 is 1.32 bits per heavy atom. The average molecular weight is 308 g/mol. The minimum Gasteiger partial charge on any atom is -0.371 e. The van der Waals surface area contributed by atoms with Gasteiger partial charge < -0.3 is 15.5 Å². The van der Waals surface area contributed by atoms with Crippen LogP contribution in [-0.4, -0.2) is 48.3 Å². The third kappa shape index (κ3) is 4.72. The van der Waals surface area contributed by atoms with Crippen LogP contribution >= 0.6 is 0 Å². The van der Waals surface area contributed by atoms with Crippen molar-refractivity contribution < 1.29 is 14.5 Å². The highest BCUT2D eigenvalue weighted by Gasteiger charge is 2.18. The summed E-state index contributed by atoms with van der Waals surface area (Å²) in [5.74, 6) is -0.593. The summed E-state index contributed by atoms with van der Waals surface area (Å²) >= 11 is 0. The summed E-state index contributed by atoms with van der Waals surface area (Å²) in [5, 5.41) is 16.5. The number of rotatable bonds is 6. The van der Waals surface area contributed by atoms with Gasteiger partial charge in [-0.25, -0.2) is 0 Å². The minimum atomic E-state index is -0.589. The van der Waals surface area contributed by atoms with E-state index in [0.717, 1.165) is 0 Å². The molecule has 0 aromatic heterocycles. The van der Waals surface area contributed by atoms with E-state index in [1.54, 1.807) is 27.9 Å². The first-order valence-electron chi connectivity index (χ1n) is 6.75. The Bertz CT molecular complexity index is 584. The van der Waals surface area contributed by atoms with Gasteiger partial charge in [-0.3, -0.25) is 19.7 Å². The Morgan fingerprint density at radius 3 is 2.45 bits per heavy atom. The third-order valence-electron chi connectivity index (χ3n) is 2.81. The second kappa shape index (κ2) is 7.39. The highest BCUT2D eigenvalue weighted by molar-refractivity contribution is 5.96. The predicted molar refractivity (Wildman–Crippen MR) is 82.9 cm³/mol. The van der Waals surface area contributed by atoms with E-state index in [-0.39, 0.29) is 41.3 Å². The summed E-state index contributed by atoms with van der Waals surface area (Å²) in [6.07, 6.45) is 0. The third-order valence-corrected chi connectivity index (χ3v) is 2.81. The highest BCUT2D eigenvalue weighted by atomic mass is 16.6. The maximum Gasteiger partial charge on any atom is 0.293 e. The number of nitro benzene ring substituents is 1. The molecule has 0 aliphatic heterocycles. The number of likely N-dealkylation sites (N-methyl/N-ethyl adjacent to an activating group) is 1. The molecule has 0 unspecified atom stereocenters. The number of amides is 2. The maximum atomic E-state index is 11.9. The average Bonchev–Trinajstić information content (AvgIpc) is 2.43. The summed E-state index contributed by atoms with van der Waals surface area (Å²) in [4.78, 5) is 35.3. The summed E-state index contributed by atoms with van der Waals surface area (Å²) in [7, 11) is 3.19. The lowest BCUT2D eigenvalue weighted by atomic mass is 10.1. The van der Waals surface area contributed by atoms with Crippen LogP contribution in [0.3, 0.4) is 0 Å². The van der Waals surface area contributed by atoms with Gasteiger partial charge in [0.05, 0.1) is 11.5 Å². The first kappa shape index (κ1) is 17.4. The number of hydrogen-bond acceptors (Lipinski definition) is 5. The SMILES string of the molecule is CC(C)NC(=O)c1ccc(NCC(=O)N(C)C)c([N+](=O)[O-])c1. The Hall–Kier alpha value is -2.64. The van der Waals surface area contributed by atoms with Crippen LogP contribution in [0.2, 0.25) is 0 Å². The number of carbonyl (C=O) groups excluding carboxylic acids is 2. The van der Waals surface area contributed by atoms with Gasteiger partial charge in [-0.05, 0) is 26.0 Å². The number of carbonyl (C=O) groups is 2. The molecule has 0 radical (unpaired) electrons. The first-order chi connectivity index (χ1) is 10.2. The van der Waals surface area contributed by atoms with Crippen LogP contribution in [0.4, 0.5) is 11.4 Å². The minimum absolute atomic E-state index is 0.0641. The molecule has 2 amide bonds. The van der Waals surface area contributed by atoms with E-state index in [2.05, 4.69) is 10.6 Å². The van der Waals surface area contributed by atoms with Crippen molar-refractivity contribution in [2.24, 2.45) is 0 Å². The van der Waals surface area contributed by atoms with Crippen molar-refractivity contribution in [3.8, 4) is 0 Å². The molecule has 0 aliphatic carbocycles. The molecule has 22 heavy (non-hydrogen) atoms. The molecule has 120 valence electrons. The molecule has 0 saturated heterocycles. The number of benzene rings is 1. The second-order valence-corrected chi connectivity index (χ2v) is 5.26. The summed E-state index contributed by atoms with van der Waals surface area (Å²) < 4.78 is 0. The van der Waals surface area contributed by atoms with Gasteiger partial charge in [0, 0.05) is 31.8 Å².